The molecule has 18 heavy (non-hydrogen) atoms. The van der Waals surface area contributed by atoms with Crippen LogP contribution in [-0.4, -0.2) is 47.8 Å². The van der Waals surface area contributed by atoms with Crippen LogP contribution in [0.25, 0.3) is 0 Å². The second-order valence-electron chi connectivity index (χ2n) is 5.00. The summed E-state index contributed by atoms with van der Waals surface area (Å²) >= 11 is 0. The first-order valence-corrected chi connectivity index (χ1v) is 6.23. The van der Waals surface area contributed by atoms with Crippen LogP contribution >= 0.6 is 0 Å². The molecule has 0 amide bonds. The van der Waals surface area contributed by atoms with Crippen LogP contribution in [0.4, 0.5) is 5.82 Å². The minimum Gasteiger partial charge on any atom is -0.351 e. The summed E-state index contributed by atoms with van der Waals surface area (Å²) < 4.78 is 0. The second-order valence-corrected chi connectivity index (χ2v) is 5.00. The number of hydrogen-bond donors (Lipinski definition) is 0. The van der Waals surface area contributed by atoms with Crippen LogP contribution in [0.3, 0.4) is 0 Å². The third-order valence-electron chi connectivity index (χ3n) is 3.81. The minimum absolute atomic E-state index is 0.466. The summed E-state index contributed by atoms with van der Waals surface area (Å²) in [4.78, 5) is 4.49. The average Bonchev–Trinajstić information content (AvgIpc) is 2.36. The van der Waals surface area contributed by atoms with Gasteiger partial charge in [0.15, 0.2) is 5.82 Å². The molecule has 1 aromatic rings. The van der Waals surface area contributed by atoms with E-state index in [-0.39, 0.29) is 0 Å². The number of anilines is 1. The first-order chi connectivity index (χ1) is 8.54. The van der Waals surface area contributed by atoms with E-state index in [0.717, 1.165) is 36.7 Å². The zero-order valence-electron chi connectivity index (χ0n) is 11.4. The summed E-state index contributed by atoms with van der Waals surface area (Å²) in [6.45, 7) is 8.79. The third-order valence-corrected chi connectivity index (χ3v) is 3.81. The molecule has 2 heterocycles. The normalized spacial score (nSPS) is 20.8. The van der Waals surface area contributed by atoms with Crippen LogP contribution in [0.5, 0.6) is 0 Å². The maximum atomic E-state index is 9.32. The summed E-state index contributed by atoms with van der Waals surface area (Å²) in [5.41, 5.74) is 2.44. The Morgan fingerprint density at radius 2 is 2.00 bits per heavy atom. The summed E-state index contributed by atoms with van der Waals surface area (Å²) in [5, 5.41) is 17.7. The van der Waals surface area contributed by atoms with Crippen molar-refractivity contribution in [2.45, 2.75) is 26.8 Å². The predicted octanol–water partition coefficient (Wildman–Crippen LogP) is 1.11. The SMILES string of the molecule is Cc1nnc(N2CCN(C)C(C)C2)c(C#N)c1C. The number of nitrogens with zero attached hydrogens (tertiary/aromatic N) is 5. The van der Waals surface area contributed by atoms with Gasteiger partial charge in [-0.1, -0.05) is 0 Å². The zero-order chi connectivity index (χ0) is 13.3. The van der Waals surface area contributed by atoms with Crippen LogP contribution in [0, 0.1) is 25.2 Å². The first-order valence-electron chi connectivity index (χ1n) is 6.23. The van der Waals surface area contributed by atoms with E-state index in [9.17, 15) is 5.26 Å². The van der Waals surface area contributed by atoms with E-state index < -0.39 is 0 Å². The van der Waals surface area contributed by atoms with Gasteiger partial charge in [0.2, 0.25) is 0 Å². The van der Waals surface area contributed by atoms with E-state index in [4.69, 9.17) is 0 Å². The highest BCUT2D eigenvalue weighted by Gasteiger charge is 2.24. The van der Waals surface area contributed by atoms with Gasteiger partial charge in [-0.3, -0.25) is 0 Å². The number of rotatable bonds is 1. The molecule has 0 N–H and O–H groups in total. The summed E-state index contributed by atoms with van der Waals surface area (Å²) in [7, 11) is 2.12. The number of nitriles is 1. The van der Waals surface area contributed by atoms with Gasteiger partial charge in [-0.25, -0.2) is 0 Å². The Bertz CT molecular complexity index is 491. The van der Waals surface area contributed by atoms with Gasteiger partial charge in [0.25, 0.3) is 0 Å². The lowest BCUT2D eigenvalue weighted by Crippen LogP contribution is -2.50. The van der Waals surface area contributed by atoms with Gasteiger partial charge in [-0.2, -0.15) is 10.4 Å². The fourth-order valence-electron chi connectivity index (χ4n) is 2.19. The van der Waals surface area contributed by atoms with E-state index in [2.05, 4.69) is 40.0 Å². The Hall–Kier alpha value is -1.67. The zero-order valence-corrected chi connectivity index (χ0v) is 11.4. The van der Waals surface area contributed by atoms with E-state index >= 15 is 0 Å². The van der Waals surface area contributed by atoms with Crippen molar-refractivity contribution in [3.63, 3.8) is 0 Å². The lowest BCUT2D eigenvalue weighted by Gasteiger charge is -2.38. The Kier molecular flexibility index (Phi) is 3.48. The standard InChI is InChI=1S/C13H19N5/c1-9-8-18(6-5-17(9)4)13-12(7-14)10(2)11(3)15-16-13/h9H,5-6,8H2,1-4H3. The quantitative estimate of drug-likeness (QED) is 0.741. The molecule has 1 atom stereocenters. The molecular weight excluding hydrogens is 226 g/mol. The molecule has 0 bridgehead atoms. The van der Waals surface area contributed by atoms with Crippen molar-refractivity contribution < 1.29 is 0 Å². The van der Waals surface area contributed by atoms with Crippen molar-refractivity contribution in [3.8, 4) is 6.07 Å². The monoisotopic (exact) mass is 245 g/mol. The molecule has 0 radical (unpaired) electrons. The maximum Gasteiger partial charge on any atom is 0.169 e. The van der Waals surface area contributed by atoms with Gasteiger partial charge < -0.3 is 9.80 Å². The highest BCUT2D eigenvalue weighted by molar-refractivity contribution is 5.57. The molecule has 1 aliphatic heterocycles. The molecule has 1 aliphatic rings. The van der Waals surface area contributed by atoms with Crippen molar-refractivity contribution >= 4 is 5.82 Å². The Morgan fingerprint density at radius 3 is 2.61 bits per heavy atom. The maximum absolute atomic E-state index is 9.32. The van der Waals surface area contributed by atoms with Crippen molar-refractivity contribution in [3.05, 3.63) is 16.8 Å². The molecule has 5 heteroatoms. The molecule has 0 spiro atoms. The molecular formula is C13H19N5. The number of aromatic nitrogens is 2. The first kappa shape index (κ1) is 12.8. The van der Waals surface area contributed by atoms with Gasteiger partial charge in [-0.05, 0) is 33.4 Å². The van der Waals surface area contributed by atoms with Gasteiger partial charge >= 0.3 is 0 Å². The Balaban J connectivity index is 2.35. The van der Waals surface area contributed by atoms with Crippen LogP contribution in [0.15, 0.2) is 0 Å². The van der Waals surface area contributed by atoms with Crippen LogP contribution in [-0.2, 0) is 0 Å². The van der Waals surface area contributed by atoms with Crippen molar-refractivity contribution in [1.29, 1.82) is 5.26 Å². The van der Waals surface area contributed by atoms with E-state index in [1.165, 1.54) is 0 Å². The van der Waals surface area contributed by atoms with Crippen molar-refractivity contribution in [1.82, 2.24) is 15.1 Å². The predicted molar refractivity (Wildman–Crippen MR) is 70.5 cm³/mol. The second kappa shape index (κ2) is 4.91. The molecule has 5 nitrogen and oxygen atoms in total. The summed E-state index contributed by atoms with van der Waals surface area (Å²) in [6, 6.07) is 2.74. The topological polar surface area (TPSA) is 56.1 Å². The lowest BCUT2D eigenvalue weighted by atomic mass is 10.1. The molecule has 0 aromatic carbocycles. The van der Waals surface area contributed by atoms with Gasteiger partial charge in [-0.15, -0.1) is 5.10 Å². The lowest BCUT2D eigenvalue weighted by molar-refractivity contribution is 0.233. The van der Waals surface area contributed by atoms with E-state index in [1.807, 2.05) is 13.8 Å². The minimum atomic E-state index is 0.466. The fraction of sp³-hybridized carbons (Fsp3) is 0.615. The smallest absolute Gasteiger partial charge is 0.169 e. The van der Waals surface area contributed by atoms with Gasteiger partial charge in [0.05, 0.1) is 5.69 Å². The third kappa shape index (κ3) is 2.16. The molecule has 0 aliphatic carbocycles. The molecule has 0 saturated carbocycles. The number of likely N-dealkylation sites (N-methyl/N-ethyl adjacent to an activating group) is 1. The largest absolute Gasteiger partial charge is 0.351 e. The highest BCUT2D eigenvalue weighted by atomic mass is 15.3. The highest BCUT2D eigenvalue weighted by Crippen LogP contribution is 2.23. The summed E-state index contributed by atoms with van der Waals surface area (Å²) in [6.07, 6.45) is 0. The van der Waals surface area contributed by atoms with Gasteiger partial charge in [0, 0.05) is 25.7 Å². The Labute approximate surface area is 108 Å². The molecule has 1 aromatic heterocycles. The van der Waals surface area contributed by atoms with Crippen LogP contribution in [0.1, 0.15) is 23.7 Å². The fourth-order valence-corrected chi connectivity index (χ4v) is 2.19. The van der Waals surface area contributed by atoms with Crippen LogP contribution < -0.4 is 4.90 Å². The van der Waals surface area contributed by atoms with E-state index in [1.54, 1.807) is 0 Å². The van der Waals surface area contributed by atoms with Crippen LogP contribution in [0.2, 0.25) is 0 Å². The van der Waals surface area contributed by atoms with Crippen molar-refractivity contribution in [2.24, 2.45) is 0 Å². The molecule has 1 unspecified atom stereocenters. The molecule has 1 saturated heterocycles. The summed E-state index contributed by atoms with van der Waals surface area (Å²) in [5.74, 6) is 0.737. The van der Waals surface area contributed by atoms with E-state index in [0.29, 0.717) is 11.6 Å². The number of hydrogen-bond acceptors (Lipinski definition) is 5. The molecule has 2 rings (SSSR count). The Morgan fingerprint density at radius 1 is 1.28 bits per heavy atom. The average molecular weight is 245 g/mol. The van der Waals surface area contributed by atoms with Gasteiger partial charge in [0.1, 0.15) is 11.6 Å². The van der Waals surface area contributed by atoms with Crippen molar-refractivity contribution in [2.75, 3.05) is 31.6 Å². The number of piperazine rings is 1. The number of aryl methyl sites for hydroxylation is 1. The molecule has 1 fully saturated rings. The molecule has 96 valence electrons.